The van der Waals surface area contributed by atoms with Gasteiger partial charge in [-0.05, 0) is 74.5 Å². The van der Waals surface area contributed by atoms with E-state index in [-0.39, 0.29) is 11.5 Å². The molecule has 18 heavy (non-hydrogen) atoms. The highest BCUT2D eigenvalue weighted by Crippen LogP contribution is 2.70. The third-order valence-corrected chi connectivity index (χ3v) is 6.68. The molecule has 0 aromatic carbocycles. The van der Waals surface area contributed by atoms with Crippen molar-refractivity contribution in [3.63, 3.8) is 0 Å². The Morgan fingerprint density at radius 2 is 1.39 bits per heavy atom. The monoisotopic (exact) mass is 249 g/mol. The van der Waals surface area contributed by atoms with Crippen LogP contribution in [0.25, 0.3) is 0 Å². The summed E-state index contributed by atoms with van der Waals surface area (Å²) in [4.78, 5) is 11.9. The highest BCUT2D eigenvalue weighted by Gasteiger charge is 2.67. The summed E-state index contributed by atoms with van der Waals surface area (Å²) in [5.74, 6) is 1.92. The minimum absolute atomic E-state index is 0.115. The van der Waals surface area contributed by atoms with Crippen molar-refractivity contribution in [3.8, 4) is 0 Å². The predicted molar refractivity (Wildman–Crippen MR) is 67.9 cm³/mol. The number of aliphatic carboxylic acids is 1. The second-order valence-corrected chi connectivity index (χ2v) is 7.75. The molecule has 5 aliphatic rings. The van der Waals surface area contributed by atoms with E-state index in [1.807, 2.05) is 0 Å². The molecule has 100 valence electrons. The first-order valence-electron chi connectivity index (χ1n) is 7.52. The van der Waals surface area contributed by atoms with Crippen LogP contribution in [0.3, 0.4) is 0 Å². The molecule has 0 radical (unpaired) electrons. The van der Waals surface area contributed by atoms with Gasteiger partial charge in [-0.3, -0.25) is 4.79 Å². The van der Waals surface area contributed by atoms with Crippen molar-refractivity contribution in [2.75, 3.05) is 0 Å². The number of hydrogen-bond donors (Lipinski definition) is 2. The Bertz CT molecular complexity index is 362. The molecule has 0 unspecified atom stereocenters. The smallest absolute Gasteiger partial charge is 0.310 e. The molecule has 5 saturated carbocycles. The normalized spacial score (nSPS) is 57.4. The summed E-state index contributed by atoms with van der Waals surface area (Å²) >= 11 is 0. The van der Waals surface area contributed by atoms with E-state index in [1.165, 1.54) is 38.5 Å². The zero-order valence-corrected chi connectivity index (χ0v) is 10.9. The summed E-state index contributed by atoms with van der Waals surface area (Å²) in [6, 6.07) is 0.133. The number of hydrogen-bond acceptors (Lipinski definition) is 2. The molecule has 3 N–H and O–H groups in total. The molecule has 5 aliphatic carbocycles. The molecule has 0 aliphatic heterocycles. The maximum absolute atomic E-state index is 11.9. The molecular weight excluding hydrogens is 226 g/mol. The molecule has 0 atom stereocenters. The maximum Gasteiger partial charge on any atom is 0.310 e. The molecule has 4 bridgehead atoms. The van der Waals surface area contributed by atoms with Crippen molar-refractivity contribution in [2.45, 2.75) is 57.4 Å². The molecule has 5 fully saturated rings. The van der Waals surface area contributed by atoms with Crippen LogP contribution in [0.4, 0.5) is 0 Å². The van der Waals surface area contributed by atoms with Crippen molar-refractivity contribution >= 4 is 5.97 Å². The minimum Gasteiger partial charge on any atom is -0.481 e. The van der Waals surface area contributed by atoms with E-state index < -0.39 is 11.4 Å². The van der Waals surface area contributed by atoms with Crippen LogP contribution in [-0.2, 0) is 4.79 Å². The Labute approximate surface area is 108 Å². The van der Waals surface area contributed by atoms with Gasteiger partial charge in [0.15, 0.2) is 0 Å². The van der Waals surface area contributed by atoms with Crippen LogP contribution in [0, 0.1) is 28.6 Å². The zero-order chi connectivity index (χ0) is 12.5. The molecule has 0 aromatic heterocycles. The van der Waals surface area contributed by atoms with Crippen LogP contribution >= 0.6 is 0 Å². The Hall–Kier alpha value is -0.570. The number of rotatable bonds is 2. The highest BCUT2D eigenvalue weighted by atomic mass is 16.4. The van der Waals surface area contributed by atoms with Crippen LogP contribution < -0.4 is 5.73 Å². The van der Waals surface area contributed by atoms with E-state index in [2.05, 4.69) is 0 Å². The molecule has 0 heterocycles. The summed E-state index contributed by atoms with van der Waals surface area (Å²) < 4.78 is 0. The predicted octanol–water partition coefficient (Wildman–Crippen LogP) is 2.39. The maximum atomic E-state index is 11.9. The van der Waals surface area contributed by atoms with Crippen molar-refractivity contribution in [1.82, 2.24) is 0 Å². The third kappa shape index (κ3) is 1.21. The van der Waals surface area contributed by atoms with Gasteiger partial charge in [-0.2, -0.15) is 0 Å². The highest BCUT2D eigenvalue weighted by molar-refractivity contribution is 5.77. The van der Waals surface area contributed by atoms with E-state index in [9.17, 15) is 9.90 Å². The summed E-state index contributed by atoms with van der Waals surface area (Å²) in [7, 11) is 0. The number of carbonyl (C=O) groups is 1. The van der Waals surface area contributed by atoms with E-state index in [0.29, 0.717) is 0 Å². The number of carboxylic acids is 1. The van der Waals surface area contributed by atoms with Crippen LogP contribution in [0.1, 0.15) is 51.4 Å². The fraction of sp³-hybridized carbons (Fsp3) is 0.933. The lowest BCUT2D eigenvalue weighted by Gasteiger charge is -2.66. The second kappa shape index (κ2) is 3.30. The van der Waals surface area contributed by atoms with Crippen molar-refractivity contribution in [2.24, 2.45) is 34.3 Å². The van der Waals surface area contributed by atoms with Crippen LogP contribution in [-0.4, -0.2) is 17.1 Å². The lowest BCUT2D eigenvalue weighted by molar-refractivity contribution is -0.198. The summed E-state index contributed by atoms with van der Waals surface area (Å²) in [5, 5.41) is 9.81. The van der Waals surface area contributed by atoms with Gasteiger partial charge in [-0.1, -0.05) is 0 Å². The van der Waals surface area contributed by atoms with E-state index >= 15 is 0 Å². The molecule has 0 amide bonds. The molecule has 3 nitrogen and oxygen atoms in total. The van der Waals surface area contributed by atoms with E-state index in [1.54, 1.807) is 0 Å². The first-order chi connectivity index (χ1) is 8.53. The van der Waals surface area contributed by atoms with E-state index in [4.69, 9.17) is 5.73 Å². The fourth-order valence-electron chi connectivity index (χ4n) is 6.37. The Kier molecular flexibility index (Phi) is 2.07. The van der Waals surface area contributed by atoms with Crippen LogP contribution in [0.5, 0.6) is 0 Å². The molecule has 0 spiro atoms. The number of carboxylic acid groups (broad SMARTS) is 1. The number of nitrogens with two attached hydrogens (primary N) is 1. The van der Waals surface area contributed by atoms with Crippen molar-refractivity contribution in [3.05, 3.63) is 0 Å². The van der Waals surface area contributed by atoms with E-state index in [0.717, 1.165) is 30.6 Å². The fourth-order valence-corrected chi connectivity index (χ4v) is 6.37. The Morgan fingerprint density at radius 3 is 1.72 bits per heavy atom. The topological polar surface area (TPSA) is 63.3 Å². The zero-order valence-electron chi connectivity index (χ0n) is 10.9. The average Bonchev–Trinajstić information content (AvgIpc) is 2.21. The van der Waals surface area contributed by atoms with Crippen LogP contribution in [0.15, 0.2) is 0 Å². The summed E-state index contributed by atoms with van der Waals surface area (Å²) in [6.07, 6.45) is 9.13. The average molecular weight is 249 g/mol. The first kappa shape index (κ1) is 11.3. The third-order valence-electron chi connectivity index (χ3n) is 6.68. The molecule has 5 rings (SSSR count). The minimum atomic E-state index is -0.550. The molecule has 0 saturated heterocycles. The van der Waals surface area contributed by atoms with Gasteiger partial charge >= 0.3 is 5.97 Å². The largest absolute Gasteiger partial charge is 0.481 e. The first-order valence-corrected chi connectivity index (χ1v) is 7.52. The van der Waals surface area contributed by atoms with Crippen molar-refractivity contribution < 1.29 is 9.90 Å². The Balaban J connectivity index is 1.72. The van der Waals surface area contributed by atoms with Gasteiger partial charge in [-0.25, -0.2) is 0 Å². The van der Waals surface area contributed by atoms with Gasteiger partial charge in [-0.15, -0.1) is 0 Å². The SMILES string of the molecule is NC1CC(C(=O)O)(C23CC4CC(CC(C4)C2)C3)C1. The van der Waals surface area contributed by atoms with Gasteiger partial charge in [0.25, 0.3) is 0 Å². The standard InChI is InChI=1S/C15H23NO2/c16-12-7-15(8-12,13(17)18)14-4-9-1-10(5-14)3-11(2-9)6-14/h9-12H,1-8,16H2,(H,17,18). The lowest BCUT2D eigenvalue weighted by atomic mass is 9.38. The van der Waals surface area contributed by atoms with Gasteiger partial charge < -0.3 is 10.8 Å². The summed E-state index contributed by atoms with van der Waals surface area (Å²) in [6.45, 7) is 0. The Morgan fingerprint density at radius 1 is 0.944 bits per heavy atom. The molecule has 0 aromatic rings. The van der Waals surface area contributed by atoms with Gasteiger partial charge in [0.05, 0.1) is 5.41 Å². The van der Waals surface area contributed by atoms with Gasteiger partial charge in [0.1, 0.15) is 0 Å². The van der Waals surface area contributed by atoms with Gasteiger partial charge in [0, 0.05) is 6.04 Å². The molecule has 3 heteroatoms. The molecular formula is C15H23NO2. The van der Waals surface area contributed by atoms with Crippen molar-refractivity contribution in [1.29, 1.82) is 0 Å². The quantitative estimate of drug-likeness (QED) is 0.790. The van der Waals surface area contributed by atoms with Crippen LogP contribution in [0.2, 0.25) is 0 Å². The summed E-state index contributed by atoms with van der Waals surface area (Å²) in [5.41, 5.74) is 5.61. The lowest BCUT2D eigenvalue weighted by Crippen LogP contribution is -2.64. The second-order valence-electron chi connectivity index (χ2n) is 7.75. The van der Waals surface area contributed by atoms with Gasteiger partial charge in [0.2, 0.25) is 0 Å².